The van der Waals surface area contributed by atoms with Crippen molar-refractivity contribution in [1.29, 1.82) is 0 Å². The third kappa shape index (κ3) is 2.02. The van der Waals surface area contributed by atoms with E-state index in [0.29, 0.717) is 6.42 Å². The van der Waals surface area contributed by atoms with Gasteiger partial charge < -0.3 is 0 Å². The molecule has 1 saturated heterocycles. The Kier molecular flexibility index (Phi) is 3.41. The van der Waals surface area contributed by atoms with Crippen molar-refractivity contribution in [2.45, 2.75) is 17.6 Å². The molecule has 2 amide bonds. The molecule has 1 heterocycles. The van der Waals surface area contributed by atoms with Gasteiger partial charge in [0.15, 0.2) is 0 Å². The highest BCUT2D eigenvalue weighted by Crippen LogP contribution is 2.53. The van der Waals surface area contributed by atoms with Crippen LogP contribution in [0.3, 0.4) is 0 Å². The summed E-state index contributed by atoms with van der Waals surface area (Å²) < 4.78 is 57.0. The summed E-state index contributed by atoms with van der Waals surface area (Å²) >= 11 is -0.914. The molecule has 2 bridgehead atoms. The Morgan fingerprint density at radius 2 is 1.68 bits per heavy atom. The molecule has 1 aliphatic heterocycles. The van der Waals surface area contributed by atoms with Gasteiger partial charge in [-0.2, -0.15) is 21.8 Å². The summed E-state index contributed by atoms with van der Waals surface area (Å²) in [5, 5.41) is -4.45. The lowest BCUT2D eigenvalue weighted by atomic mass is 9.85. The normalized spacial score (nSPS) is 33.7. The second-order valence-electron chi connectivity index (χ2n) is 5.47. The summed E-state index contributed by atoms with van der Waals surface area (Å²) in [6.45, 7) is 2.63. The summed E-state index contributed by atoms with van der Waals surface area (Å²) in [6.07, 6.45) is 4.08. The maximum absolute atomic E-state index is 13.3. The zero-order valence-corrected chi connectivity index (χ0v) is 11.9. The Bertz CT molecular complexity index is 550. The molecule has 0 aromatic heterocycles. The van der Waals surface area contributed by atoms with Crippen molar-refractivity contribution in [3.8, 4) is 0 Å². The van der Waals surface area contributed by atoms with Crippen LogP contribution in [-0.4, -0.2) is 28.1 Å². The average molecular weight is 337 g/mol. The van der Waals surface area contributed by atoms with E-state index in [2.05, 4.69) is 10.9 Å². The van der Waals surface area contributed by atoms with E-state index in [0.717, 1.165) is 0 Å². The minimum Gasteiger partial charge on any atom is -0.272 e. The smallest absolute Gasteiger partial charge is 0.272 e. The van der Waals surface area contributed by atoms with Crippen molar-refractivity contribution >= 4 is 23.9 Å². The first-order valence-electron chi connectivity index (χ1n) is 6.51. The Morgan fingerprint density at radius 3 is 2.14 bits per heavy atom. The highest BCUT2D eigenvalue weighted by Gasteiger charge is 2.62. The molecule has 4 unspecified atom stereocenters. The minimum atomic E-state index is -4.65. The number of nitrogens with zero attached hydrogens (tertiary/aromatic N) is 1. The molecule has 0 N–H and O–H groups in total. The number of alkyl halides is 4. The van der Waals surface area contributed by atoms with Crippen LogP contribution in [0.2, 0.25) is 0 Å². The first-order valence-corrected chi connectivity index (χ1v) is 7.25. The van der Waals surface area contributed by atoms with E-state index < -0.39 is 46.9 Å². The summed E-state index contributed by atoms with van der Waals surface area (Å²) in [7, 11) is 0. The lowest BCUT2D eigenvalue weighted by Crippen LogP contribution is -2.38. The Balaban J connectivity index is 1.71. The van der Waals surface area contributed by atoms with Gasteiger partial charge in [-0.3, -0.25) is 9.59 Å². The van der Waals surface area contributed by atoms with Crippen molar-refractivity contribution in [3.05, 3.63) is 24.8 Å². The number of hydrogen-bond donors (Lipinski definition) is 0. The minimum absolute atomic E-state index is 0.125. The van der Waals surface area contributed by atoms with E-state index >= 15 is 0 Å². The Morgan fingerprint density at radius 1 is 1.18 bits per heavy atom. The molecule has 120 valence electrons. The highest BCUT2D eigenvalue weighted by molar-refractivity contribution is 7.95. The fourth-order valence-electron chi connectivity index (χ4n) is 3.21. The topological polar surface area (TPSA) is 46.6 Å². The van der Waals surface area contributed by atoms with Crippen LogP contribution >= 0.6 is 12.0 Å². The van der Waals surface area contributed by atoms with Gasteiger partial charge in [0.2, 0.25) is 0 Å². The number of rotatable bonds is 5. The maximum Gasteiger partial charge on any atom is 0.386 e. The fourth-order valence-corrected chi connectivity index (χ4v) is 3.72. The van der Waals surface area contributed by atoms with Crippen LogP contribution in [0.4, 0.5) is 17.6 Å². The first-order chi connectivity index (χ1) is 10.2. The molecule has 0 radical (unpaired) electrons. The largest absolute Gasteiger partial charge is 0.386 e. The van der Waals surface area contributed by atoms with Gasteiger partial charge in [0.05, 0.1) is 11.8 Å². The Labute approximate surface area is 127 Å². The van der Waals surface area contributed by atoms with Crippen molar-refractivity contribution in [2.24, 2.45) is 23.7 Å². The number of halogens is 4. The molecule has 22 heavy (non-hydrogen) atoms. The second-order valence-corrected chi connectivity index (χ2v) is 6.30. The number of hydrogen-bond acceptors (Lipinski definition) is 4. The predicted molar refractivity (Wildman–Crippen MR) is 68.3 cm³/mol. The van der Waals surface area contributed by atoms with Crippen molar-refractivity contribution in [1.82, 2.24) is 5.06 Å². The monoisotopic (exact) mass is 337 g/mol. The van der Waals surface area contributed by atoms with E-state index in [1.165, 1.54) is 0 Å². The van der Waals surface area contributed by atoms with Crippen LogP contribution in [-0.2, 0) is 13.9 Å². The third-order valence-corrected chi connectivity index (χ3v) is 5.00. The van der Waals surface area contributed by atoms with Gasteiger partial charge in [0.1, 0.15) is 12.0 Å². The highest BCUT2D eigenvalue weighted by atomic mass is 32.2. The SMILES string of the molecule is C=CC(F)(F)C(F)(F)SON1C(=O)C2C3C=CC(C3)C2C1=O. The summed E-state index contributed by atoms with van der Waals surface area (Å²) in [6, 6.07) is 0. The maximum atomic E-state index is 13.3. The molecular formula is C13H11F4NO3S. The van der Waals surface area contributed by atoms with Crippen LogP contribution in [0.1, 0.15) is 6.42 Å². The molecule has 4 nitrogen and oxygen atoms in total. The number of imide groups is 1. The third-order valence-electron chi connectivity index (χ3n) is 4.29. The van der Waals surface area contributed by atoms with Crippen molar-refractivity contribution in [3.63, 3.8) is 0 Å². The van der Waals surface area contributed by atoms with E-state index in [9.17, 15) is 27.2 Å². The summed E-state index contributed by atoms with van der Waals surface area (Å²) in [5.41, 5.74) is 0. The summed E-state index contributed by atoms with van der Waals surface area (Å²) in [5.74, 6) is -7.57. The van der Waals surface area contributed by atoms with Crippen LogP contribution in [0.5, 0.6) is 0 Å². The predicted octanol–water partition coefficient (Wildman–Crippen LogP) is 2.79. The second kappa shape index (κ2) is 4.82. The van der Waals surface area contributed by atoms with E-state index in [1.54, 1.807) is 0 Å². The van der Waals surface area contributed by atoms with Gasteiger partial charge >= 0.3 is 11.2 Å². The van der Waals surface area contributed by atoms with Gasteiger partial charge in [-0.05, 0) is 24.3 Å². The lowest BCUT2D eigenvalue weighted by Gasteiger charge is -2.23. The van der Waals surface area contributed by atoms with Crippen LogP contribution in [0.15, 0.2) is 24.8 Å². The van der Waals surface area contributed by atoms with E-state index in [4.69, 9.17) is 0 Å². The zero-order valence-electron chi connectivity index (χ0n) is 11.0. The number of fused-ring (bicyclic) bond motifs is 5. The molecule has 0 aromatic carbocycles. The van der Waals surface area contributed by atoms with Crippen molar-refractivity contribution < 1.29 is 31.4 Å². The molecule has 4 atom stereocenters. The van der Waals surface area contributed by atoms with Crippen LogP contribution < -0.4 is 0 Å². The number of allylic oxidation sites excluding steroid dienone is 3. The number of hydroxylamine groups is 2. The molecule has 3 rings (SSSR count). The van der Waals surface area contributed by atoms with E-state index in [1.807, 2.05) is 12.2 Å². The molecule has 0 spiro atoms. The number of amides is 2. The van der Waals surface area contributed by atoms with Gasteiger partial charge in [0, 0.05) is 0 Å². The number of carbonyl (C=O) groups excluding carboxylic acids is 2. The van der Waals surface area contributed by atoms with E-state index in [-0.39, 0.29) is 23.0 Å². The van der Waals surface area contributed by atoms with Gasteiger partial charge in [-0.15, -0.1) is 5.06 Å². The molecule has 3 aliphatic rings. The van der Waals surface area contributed by atoms with Crippen LogP contribution in [0, 0.1) is 23.7 Å². The standard InChI is InChI=1S/C13H11F4NO3S/c1-2-12(14,15)13(16,17)22-21-18-10(19)8-6-3-4-7(5-6)9(8)11(18)20/h2-4,6-9H,1,5H2. The average Bonchev–Trinajstić information content (AvgIpc) is 3.12. The molecule has 2 fully saturated rings. The molecular weight excluding hydrogens is 326 g/mol. The van der Waals surface area contributed by atoms with Gasteiger partial charge in [-0.1, -0.05) is 18.7 Å². The lowest BCUT2D eigenvalue weighted by molar-refractivity contribution is -0.168. The molecule has 0 aromatic rings. The molecule has 2 aliphatic carbocycles. The van der Waals surface area contributed by atoms with Gasteiger partial charge in [0.25, 0.3) is 11.8 Å². The zero-order chi connectivity index (χ0) is 16.3. The Hall–Kier alpha value is -1.35. The fraction of sp³-hybridized carbons (Fsp3) is 0.538. The van der Waals surface area contributed by atoms with Crippen LogP contribution in [0.25, 0.3) is 0 Å². The first kappa shape index (κ1) is 15.5. The molecule has 9 heteroatoms. The van der Waals surface area contributed by atoms with Gasteiger partial charge in [-0.25, -0.2) is 0 Å². The quantitative estimate of drug-likeness (QED) is 0.335. The summed E-state index contributed by atoms with van der Waals surface area (Å²) in [4.78, 5) is 24.2. The van der Waals surface area contributed by atoms with Crippen molar-refractivity contribution in [2.75, 3.05) is 0 Å². The molecule has 1 saturated carbocycles. The number of carbonyl (C=O) groups is 2.